The molecule has 1 amide bonds. The Kier molecular flexibility index (Phi) is 5.97. The van der Waals surface area contributed by atoms with Gasteiger partial charge >= 0.3 is 0 Å². The third-order valence-corrected chi connectivity index (χ3v) is 6.75. The van der Waals surface area contributed by atoms with Crippen LogP contribution in [0.1, 0.15) is 51.9 Å². The zero-order chi connectivity index (χ0) is 21.3. The molecule has 0 radical (unpaired) electrons. The Morgan fingerprint density at radius 3 is 2.67 bits per heavy atom. The number of hydrogen-bond acceptors (Lipinski definition) is 5. The Bertz CT molecular complexity index is 986. The SMILES string of the molecule is COc1cc2ncn(CCCC(=O)N3C(C)CC4CCCCC43)c(=O)c2cc1OC. The number of aromatic nitrogens is 2. The molecule has 0 N–H and O–H groups in total. The molecule has 2 fully saturated rings. The quantitative estimate of drug-likeness (QED) is 0.726. The largest absolute Gasteiger partial charge is 0.493 e. The van der Waals surface area contributed by atoms with Crippen molar-refractivity contribution in [3.05, 3.63) is 28.8 Å². The molecular formula is C23H31N3O4. The predicted octanol–water partition coefficient (Wildman–Crippen LogP) is 3.37. The summed E-state index contributed by atoms with van der Waals surface area (Å²) in [6.45, 7) is 2.65. The van der Waals surface area contributed by atoms with E-state index in [1.54, 1.807) is 37.2 Å². The molecule has 1 aromatic carbocycles. The van der Waals surface area contributed by atoms with E-state index in [-0.39, 0.29) is 11.5 Å². The first kappa shape index (κ1) is 20.7. The summed E-state index contributed by atoms with van der Waals surface area (Å²) in [6, 6.07) is 4.13. The van der Waals surface area contributed by atoms with Gasteiger partial charge in [-0.25, -0.2) is 4.98 Å². The van der Waals surface area contributed by atoms with E-state index < -0.39 is 0 Å². The van der Waals surface area contributed by atoms with Crippen LogP contribution < -0.4 is 15.0 Å². The van der Waals surface area contributed by atoms with Gasteiger partial charge in [-0.1, -0.05) is 12.8 Å². The summed E-state index contributed by atoms with van der Waals surface area (Å²) in [4.78, 5) is 32.4. The monoisotopic (exact) mass is 413 g/mol. The molecule has 7 nitrogen and oxygen atoms in total. The van der Waals surface area contributed by atoms with Crippen molar-refractivity contribution >= 4 is 16.8 Å². The fourth-order valence-corrected chi connectivity index (χ4v) is 5.31. The van der Waals surface area contributed by atoms with Crippen LogP contribution in [0, 0.1) is 5.92 Å². The molecule has 3 atom stereocenters. The number of hydrogen-bond donors (Lipinski definition) is 0. The number of methoxy groups -OCH3 is 2. The minimum Gasteiger partial charge on any atom is -0.493 e. The molecule has 0 bridgehead atoms. The number of fused-ring (bicyclic) bond motifs is 2. The molecule has 1 aromatic heterocycles. The van der Waals surface area contributed by atoms with Gasteiger partial charge in [-0.2, -0.15) is 0 Å². The van der Waals surface area contributed by atoms with Crippen molar-refractivity contribution in [3.8, 4) is 11.5 Å². The van der Waals surface area contributed by atoms with Gasteiger partial charge in [0.05, 0.1) is 31.4 Å². The minimum absolute atomic E-state index is 0.129. The normalized spacial score (nSPS) is 23.4. The van der Waals surface area contributed by atoms with Crippen LogP contribution in [0.15, 0.2) is 23.3 Å². The van der Waals surface area contributed by atoms with E-state index in [1.165, 1.54) is 19.3 Å². The number of rotatable bonds is 6. The second-order valence-corrected chi connectivity index (χ2v) is 8.57. The topological polar surface area (TPSA) is 73.7 Å². The number of benzene rings is 1. The summed E-state index contributed by atoms with van der Waals surface area (Å²) < 4.78 is 12.2. The highest BCUT2D eigenvalue weighted by Crippen LogP contribution is 2.39. The van der Waals surface area contributed by atoms with Crippen molar-refractivity contribution < 1.29 is 14.3 Å². The Labute approximate surface area is 177 Å². The van der Waals surface area contributed by atoms with Gasteiger partial charge in [-0.15, -0.1) is 0 Å². The molecule has 162 valence electrons. The molecular weight excluding hydrogens is 382 g/mol. The lowest BCUT2D eigenvalue weighted by Crippen LogP contribution is -2.42. The van der Waals surface area contributed by atoms with E-state index in [4.69, 9.17) is 9.47 Å². The Morgan fingerprint density at radius 2 is 1.90 bits per heavy atom. The van der Waals surface area contributed by atoms with E-state index in [0.717, 1.165) is 12.8 Å². The van der Waals surface area contributed by atoms with Gasteiger partial charge in [0, 0.05) is 31.1 Å². The lowest BCUT2D eigenvalue weighted by Gasteiger charge is -2.33. The van der Waals surface area contributed by atoms with E-state index in [9.17, 15) is 9.59 Å². The number of carbonyl (C=O) groups is 1. The summed E-state index contributed by atoms with van der Waals surface area (Å²) in [5, 5.41) is 0.486. The van der Waals surface area contributed by atoms with Crippen molar-refractivity contribution in [2.45, 2.75) is 70.5 Å². The molecule has 1 saturated heterocycles. The smallest absolute Gasteiger partial charge is 0.261 e. The van der Waals surface area contributed by atoms with Crippen molar-refractivity contribution in [3.63, 3.8) is 0 Å². The van der Waals surface area contributed by atoms with Crippen LogP contribution in [0.5, 0.6) is 11.5 Å². The third-order valence-electron chi connectivity index (χ3n) is 6.75. The lowest BCUT2D eigenvalue weighted by molar-refractivity contribution is -0.134. The molecule has 2 aliphatic rings. The van der Waals surface area contributed by atoms with Gasteiger partial charge in [0.1, 0.15) is 0 Å². The van der Waals surface area contributed by atoms with E-state index in [2.05, 4.69) is 16.8 Å². The lowest BCUT2D eigenvalue weighted by atomic mass is 9.85. The number of amides is 1. The molecule has 0 spiro atoms. The zero-order valence-corrected chi connectivity index (χ0v) is 18.1. The molecule has 1 aliphatic carbocycles. The second kappa shape index (κ2) is 8.66. The molecule has 1 saturated carbocycles. The van der Waals surface area contributed by atoms with E-state index >= 15 is 0 Å². The van der Waals surface area contributed by atoms with E-state index in [0.29, 0.717) is 59.8 Å². The number of likely N-dealkylation sites (tertiary alicyclic amines) is 1. The summed E-state index contributed by atoms with van der Waals surface area (Å²) in [6.07, 6.45) is 8.69. The Morgan fingerprint density at radius 1 is 1.17 bits per heavy atom. The van der Waals surface area contributed by atoms with Gasteiger partial charge in [-0.05, 0) is 44.6 Å². The van der Waals surface area contributed by atoms with E-state index in [1.807, 2.05) is 0 Å². The van der Waals surface area contributed by atoms with Crippen molar-refractivity contribution in [1.29, 1.82) is 0 Å². The van der Waals surface area contributed by atoms with Crippen molar-refractivity contribution in [2.75, 3.05) is 14.2 Å². The summed E-state index contributed by atoms with van der Waals surface area (Å²) in [5.74, 6) is 1.95. The first-order valence-corrected chi connectivity index (χ1v) is 11.0. The van der Waals surface area contributed by atoms with Crippen LogP contribution >= 0.6 is 0 Å². The van der Waals surface area contributed by atoms with Crippen LogP contribution in [0.3, 0.4) is 0 Å². The molecule has 2 heterocycles. The first-order valence-electron chi connectivity index (χ1n) is 11.0. The minimum atomic E-state index is -0.129. The van der Waals surface area contributed by atoms with Gasteiger partial charge in [0.25, 0.3) is 5.56 Å². The maximum Gasteiger partial charge on any atom is 0.261 e. The average molecular weight is 414 g/mol. The van der Waals surface area contributed by atoms with Crippen LogP contribution in [0.25, 0.3) is 10.9 Å². The Balaban J connectivity index is 1.44. The molecule has 4 rings (SSSR count). The molecule has 3 unspecified atom stereocenters. The maximum atomic E-state index is 12.9. The van der Waals surface area contributed by atoms with Crippen LogP contribution in [-0.2, 0) is 11.3 Å². The first-order chi connectivity index (χ1) is 14.5. The van der Waals surface area contributed by atoms with Crippen molar-refractivity contribution in [1.82, 2.24) is 14.5 Å². The molecule has 2 aromatic rings. The Hall–Kier alpha value is -2.57. The molecule has 7 heteroatoms. The summed E-state index contributed by atoms with van der Waals surface area (Å²) in [7, 11) is 3.10. The maximum absolute atomic E-state index is 12.9. The van der Waals surface area contributed by atoms with Gasteiger partial charge in [0.2, 0.25) is 5.91 Å². The highest BCUT2D eigenvalue weighted by Gasteiger charge is 2.41. The highest BCUT2D eigenvalue weighted by atomic mass is 16.5. The van der Waals surface area contributed by atoms with Crippen LogP contribution in [0.2, 0.25) is 0 Å². The third kappa shape index (κ3) is 3.77. The van der Waals surface area contributed by atoms with Crippen molar-refractivity contribution in [2.24, 2.45) is 5.92 Å². The number of nitrogens with zero attached hydrogens (tertiary/aromatic N) is 3. The summed E-state index contributed by atoms with van der Waals surface area (Å²) >= 11 is 0. The van der Waals surface area contributed by atoms with Crippen LogP contribution in [0.4, 0.5) is 0 Å². The van der Waals surface area contributed by atoms with Crippen LogP contribution in [-0.4, -0.2) is 46.7 Å². The fourth-order valence-electron chi connectivity index (χ4n) is 5.31. The molecule has 30 heavy (non-hydrogen) atoms. The average Bonchev–Trinajstić information content (AvgIpc) is 3.10. The summed E-state index contributed by atoms with van der Waals surface area (Å²) in [5.41, 5.74) is 0.439. The standard InChI is InChI=1S/C23H31N3O4/c1-15-11-16-7-4-5-8-19(16)26(15)22(27)9-6-10-25-14-24-18-13-21(30-3)20(29-2)12-17(18)23(25)28/h12-16,19H,4-11H2,1-3H3. The van der Waals surface area contributed by atoms with Gasteiger partial charge in [0.15, 0.2) is 11.5 Å². The number of ether oxygens (including phenoxy) is 2. The highest BCUT2D eigenvalue weighted by molar-refractivity contribution is 5.81. The predicted molar refractivity (Wildman–Crippen MR) is 115 cm³/mol. The number of aryl methyl sites for hydroxylation is 1. The van der Waals surface area contributed by atoms with Gasteiger partial charge in [-0.3, -0.25) is 14.2 Å². The second-order valence-electron chi connectivity index (χ2n) is 8.57. The van der Waals surface area contributed by atoms with Gasteiger partial charge < -0.3 is 14.4 Å². The molecule has 1 aliphatic heterocycles. The fraction of sp³-hybridized carbons (Fsp3) is 0.609. The number of carbonyl (C=O) groups excluding carboxylic acids is 1. The zero-order valence-electron chi connectivity index (χ0n) is 18.1.